The van der Waals surface area contributed by atoms with E-state index in [4.69, 9.17) is 9.47 Å². The van der Waals surface area contributed by atoms with Gasteiger partial charge >= 0.3 is 12.1 Å². The van der Waals surface area contributed by atoms with Crippen LogP contribution in [0, 0.1) is 6.92 Å². The summed E-state index contributed by atoms with van der Waals surface area (Å²) in [6.45, 7) is 7.52. The fourth-order valence-corrected chi connectivity index (χ4v) is 4.36. The average molecular weight is 473 g/mol. The number of benzene rings is 2. The van der Waals surface area contributed by atoms with E-state index >= 15 is 0 Å². The molecule has 6 heteroatoms. The van der Waals surface area contributed by atoms with Gasteiger partial charge in [-0.05, 0) is 74.4 Å². The SMILES string of the molecule is Cc1ccc(CCC(NC(=O)OCC2c3ccccc3-c3ccccc32)C(=O)OC(C)(C)C)cn1. The van der Waals surface area contributed by atoms with Crippen LogP contribution in [-0.2, 0) is 20.7 Å². The van der Waals surface area contributed by atoms with Crippen LogP contribution in [0.25, 0.3) is 11.1 Å². The number of rotatable bonds is 7. The van der Waals surface area contributed by atoms with Gasteiger partial charge in [0.15, 0.2) is 0 Å². The summed E-state index contributed by atoms with van der Waals surface area (Å²) in [6.07, 6.45) is 2.10. The van der Waals surface area contributed by atoms with Gasteiger partial charge in [-0.25, -0.2) is 9.59 Å². The standard InChI is InChI=1S/C29H32N2O4/c1-19-13-14-20(17-30-19)15-16-26(27(32)35-29(2,3)4)31-28(33)34-18-25-23-11-7-5-9-21(23)22-10-6-8-12-24(22)25/h5-14,17,25-26H,15-16,18H2,1-4H3,(H,31,33). The Morgan fingerprint density at radius 3 is 2.17 bits per heavy atom. The van der Waals surface area contributed by atoms with Crippen LogP contribution in [0.1, 0.15) is 55.5 Å². The first-order valence-electron chi connectivity index (χ1n) is 12.0. The van der Waals surface area contributed by atoms with Crippen molar-refractivity contribution in [3.63, 3.8) is 0 Å². The van der Waals surface area contributed by atoms with Crippen LogP contribution in [0.5, 0.6) is 0 Å². The Balaban J connectivity index is 1.42. The zero-order valence-corrected chi connectivity index (χ0v) is 20.7. The number of hydrogen-bond donors (Lipinski definition) is 1. The van der Waals surface area contributed by atoms with Crippen LogP contribution in [0.15, 0.2) is 66.9 Å². The first-order valence-corrected chi connectivity index (χ1v) is 12.0. The van der Waals surface area contributed by atoms with Gasteiger partial charge in [-0.1, -0.05) is 54.6 Å². The summed E-state index contributed by atoms with van der Waals surface area (Å²) in [5, 5.41) is 2.74. The highest BCUT2D eigenvalue weighted by Crippen LogP contribution is 2.44. The van der Waals surface area contributed by atoms with Crippen molar-refractivity contribution >= 4 is 12.1 Å². The lowest BCUT2D eigenvalue weighted by atomic mass is 9.98. The third-order valence-corrected chi connectivity index (χ3v) is 6.02. The maximum Gasteiger partial charge on any atom is 0.407 e. The second-order valence-corrected chi connectivity index (χ2v) is 9.90. The first-order chi connectivity index (χ1) is 16.7. The number of esters is 1. The molecule has 6 nitrogen and oxygen atoms in total. The molecule has 4 rings (SSSR count). The van der Waals surface area contributed by atoms with Gasteiger partial charge in [0.2, 0.25) is 0 Å². The number of hydrogen-bond acceptors (Lipinski definition) is 5. The quantitative estimate of drug-likeness (QED) is 0.455. The summed E-state index contributed by atoms with van der Waals surface area (Å²) in [5.41, 5.74) is 5.84. The molecule has 1 amide bonds. The first kappa shape index (κ1) is 24.5. The van der Waals surface area contributed by atoms with Crippen molar-refractivity contribution in [3.05, 3.63) is 89.2 Å². The largest absolute Gasteiger partial charge is 0.458 e. The molecule has 2 aromatic carbocycles. The van der Waals surface area contributed by atoms with Gasteiger partial charge in [0.1, 0.15) is 18.2 Å². The predicted molar refractivity (Wildman–Crippen MR) is 135 cm³/mol. The number of nitrogens with one attached hydrogen (secondary N) is 1. The summed E-state index contributed by atoms with van der Waals surface area (Å²) < 4.78 is 11.2. The molecule has 0 bridgehead atoms. The third-order valence-electron chi connectivity index (χ3n) is 6.02. The average Bonchev–Trinajstić information content (AvgIpc) is 3.14. The van der Waals surface area contributed by atoms with Gasteiger partial charge in [-0.2, -0.15) is 0 Å². The van der Waals surface area contributed by atoms with Gasteiger partial charge in [0, 0.05) is 17.8 Å². The molecule has 1 aromatic heterocycles. The number of amides is 1. The van der Waals surface area contributed by atoms with E-state index in [0.717, 1.165) is 33.5 Å². The zero-order chi connectivity index (χ0) is 25.0. The Kier molecular flexibility index (Phi) is 7.20. The Bertz CT molecular complexity index is 1150. The number of alkyl carbamates (subject to hydrolysis) is 1. The summed E-state index contributed by atoms with van der Waals surface area (Å²) >= 11 is 0. The number of fused-ring (bicyclic) bond motifs is 3. The molecule has 1 N–H and O–H groups in total. The number of ether oxygens (including phenoxy) is 2. The Morgan fingerprint density at radius 2 is 1.60 bits per heavy atom. The lowest BCUT2D eigenvalue weighted by Gasteiger charge is -2.24. The maximum absolute atomic E-state index is 12.8. The summed E-state index contributed by atoms with van der Waals surface area (Å²) in [6, 6.07) is 19.4. The number of pyridine rings is 1. The molecule has 0 spiro atoms. The zero-order valence-electron chi connectivity index (χ0n) is 20.7. The molecule has 0 fully saturated rings. The van der Waals surface area contributed by atoms with Crippen LogP contribution >= 0.6 is 0 Å². The number of nitrogens with zero attached hydrogens (tertiary/aromatic N) is 1. The van der Waals surface area contributed by atoms with Gasteiger partial charge in [0.25, 0.3) is 0 Å². The number of carbonyl (C=O) groups is 2. The van der Waals surface area contributed by atoms with E-state index in [1.165, 1.54) is 0 Å². The smallest absolute Gasteiger partial charge is 0.407 e. The molecule has 35 heavy (non-hydrogen) atoms. The summed E-state index contributed by atoms with van der Waals surface area (Å²) in [4.78, 5) is 30.0. The van der Waals surface area contributed by atoms with Crippen LogP contribution in [0.2, 0.25) is 0 Å². The highest BCUT2D eigenvalue weighted by Gasteiger charge is 2.31. The van der Waals surface area contributed by atoms with Gasteiger partial charge in [0.05, 0.1) is 0 Å². The van der Waals surface area contributed by atoms with E-state index in [9.17, 15) is 9.59 Å². The van der Waals surface area contributed by atoms with Crippen LogP contribution in [-0.4, -0.2) is 35.3 Å². The molecular formula is C29H32N2O4. The molecule has 182 valence electrons. The molecule has 0 saturated carbocycles. The lowest BCUT2D eigenvalue weighted by Crippen LogP contribution is -2.45. The van der Waals surface area contributed by atoms with Crippen molar-refractivity contribution in [2.24, 2.45) is 0 Å². The van der Waals surface area contributed by atoms with E-state index in [-0.39, 0.29) is 12.5 Å². The van der Waals surface area contributed by atoms with Crippen LogP contribution in [0.3, 0.4) is 0 Å². The van der Waals surface area contributed by atoms with Crippen molar-refractivity contribution in [2.45, 2.75) is 58.1 Å². The van der Waals surface area contributed by atoms with E-state index in [2.05, 4.69) is 34.6 Å². The van der Waals surface area contributed by atoms with Gasteiger partial charge < -0.3 is 14.8 Å². The second kappa shape index (κ2) is 10.3. The summed E-state index contributed by atoms with van der Waals surface area (Å²) in [5.74, 6) is -0.530. The Labute approximate surface area is 206 Å². The highest BCUT2D eigenvalue weighted by molar-refractivity contribution is 5.82. The minimum Gasteiger partial charge on any atom is -0.458 e. The van der Waals surface area contributed by atoms with Crippen molar-refractivity contribution in [2.75, 3.05) is 6.61 Å². The van der Waals surface area contributed by atoms with Crippen LogP contribution in [0.4, 0.5) is 4.79 Å². The number of carbonyl (C=O) groups excluding carboxylic acids is 2. The Hall–Kier alpha value is -3.67. The molecule has 1 aliphatic rings. The number of aromatic nitrogens is 1. The topological polar surface area (TPSA) is 77.5 Å². The molecule has 0 aliphatic heterocycles. The maximum atomic E-state index is 12.8. The molecule has 1 heterocycles. The highest BCUT2D eigenvalue weighted by atomic mass is 16.6. The lowest BCUT2D eigenvalue weighted by molar-refractivity contribution is -0.157. The van der Waals surface area contributed by atoms with Crippen molar-refractivity contribution < 1.29 is 19.1 Å². The Morgan fingerprint density at radius 1 is 0.971 bits per heavy atom. The number of aryl methyl sites for hydroxylation is 2. The monoisotopic (exact) mass is 472 g/mol. The molecule has 0 saturated heterocycles. The van der Waals surface area contributed by atoms with E-state index in [0.29, 0.717) is 12.8 Å². The third kappa shape index (κ3) is 6.07. The van der Waals surface area contributed by atoms with Crippen molar-refractivity contribution in [1.82, 2.24) is 10.3 Å². The molecule has 1 unspecified atom stereocenters. The summed E-state index contributed by atoms with van der Waals surface area (Å²) in [7, 11) is 0. The molecule has 1 aliphatic carbocycles. The van der Waals surface area contributed by atoms with E-state index in [1.54, 1.807) is 27.0 Å². The normalized spacial score (nSPS) is 13.5. The van der Waals surface area contributed by atoms with Gasteiger partial charge in [-0.3, -0.25) is 4.98 Å². The molecule has 0 radical (unpaired) electrons. The molecule has 1 atom stereocenters. The minimum atomic E-state index is -0.828. The fraction of sp³-hybridized carbons (Fsp3) is 0.345. The van der Waals surface area contributed by atoms with Crippen molar-refractivity contribution in [1.29, 1.82) is 0 Å². The predicted octanol–water partition coefficient (Wildman–Crippen LogP) is 5.57. The van der Waals surface area contributed by atoms with Crippen molar-refractivity contribution in [3.8, 4) is 11.1 Å². The van der Waals surface area contributed by atoms with E-state index < -0.39 is 23.7 Å². The fourth-order valence-electron chi connectivity index (χ4n) is 4.36. The molecular weight excluding hydrogens is 440 g/mol. The van der Waals surface area contributed by atoms with E-state index in [1.807, 2.05) is 43.3 Å². The molecule has 3 aromatic rings. The van der Waals surface area contributed by atoms with Crippen LogP contribution < -0.4 is 5.32 Å². The minimum absolute atomic E-state index is 0.0493. The van der Waals surface area contributed by atoms with Gasteiger partial charge in [-0.15, -0.1) is 0 Å². The second-order valence-electron chi connectivity index (χ2n) is 9.90.